The lowest BCUT2D eigenvalue weighted by molar-refractivity contribution is 0.660. The summed E-state index contributed by atoms with van der Waals surface area (Å²) in [4.78, 5) is 2.45. The van der Waals surface area contributed by atoms with Crippen LogP contribution in [-0.4, -0.2) is 0 Å². The van der Waals surface area contributed by atoms with Gasteiger partial charge >= 0.3 is 0 Å². The topological polar surface area (TPSA) is 3.24 Å². The van der Waals surface area contributed by atoms with Gasteiger partial charge in [-0.25, -0.2) is 0 Å². The van der Waals surface area contributed by atoms with Gasteiger partial charge in [0.25, 0.3) is 0 Å². The monoisotopic (exact) mass is 713 g/mol. The van der Waals surface area contributed by atoms with Crippen molar-refractivity contribution in [3.63, 3.8) is 0 Å². The highest BCUT2D eigenvalue weighted by Gasteiger charge is 2.35. The molecular weight excluding hydrogens is 675 g/mol. The molecule has 56 heavy (non-hydrogen) atoms. The number of para-hydroxylation sites is 1. The van der Waals surface area contributed by atoms with Crippen molar-refractivity contribution in [2.45, 2.75) is 19.3 Å². The first kappa shape index (κ1) is 32.5. The number of anilines is 3. The lowest BCUT2D eigenvalue weighted by Gasteiger charge is -2.29. The second kappa shape index (κ2) is 12.5. The third-order valence-electron chi connectivity index (χ3n) is 12.2. The van der Waals surface area contributed by atoms with Crippen molar-refractivity contribution in [2.75, 3.05) is 4.90 Å². The number of rotatable bonds is 5. The first-order valence-electron chi connectivity index (χ1n) is 19.6. The predicted octanol–water partition coefficient (Wildman–Crippen LogP) is 15.4. The van der Waals surface area contributed by atoms with Gasteiger partial charge in [-0.05, 0) is 118 Å². The Morgan fingerprint density at radius 3 is 1.82 bits per heavy atom. The summed E-state index contributed by atoms with van der Waals surface area (Å²) in [5.74, 6) is 0. The lowest BCUT2D eigenvalue weighted by Crippen LogP contribution is -2.15. The Hall–Kier alpha value is -6.96. The molecule has 264 valence electrons. The molecule has 10 aromatic rings. The summed E-state index contributed by atoms with van der Waals surface area (Å²) in [6.45, 7) is 4.70. The molecule has 1 aliphatic rings. The zero-order chi connectivity index (χ0) is 37.4. The molecule has 1 heteroatoms. The zero-order valence-electron chi connectivity index (χ0n) is 31.5. The molecule has 0 aromatic heterocycles. The number of benzene rings is 10. The molecule has 0 aliphatic heterocycles. The van der Waals surface area contributed by atoms with E-state index >= 15 is 0 Å². The van der Waals surface area contributed by atoms with Crippen molar-refractivity contribution >= 4 is 60.2 Å². The average Bonchev–Trinajstić information content (AvgIpc) is 3.48. The number of hydrogen-bond donors (Lipinski definition) is 0. The van der Waals surface area contributed by atoms with E-state index in [4.69, 9.17) is 0 Å². The van der Waals surface area contributed by atoms with Crippen LogP contribution in [0, 0.1) is 0 Å². The molecule has 0 saturated carbocycles. The quantitative estimate of drug-likeness (QED) is 0.161. The van der Waals surface area contributed by atoms with Crippen LogP contribution < -0.4 is 4.90 Å². The van der Waals surface area contributed by atoms with Gasteiger partial charge in [-0.2, -0.15) is 0 Å². The zero-order valence-corrected chi connectivity index (χ0v) is 31.5. The molecule has 0 heterocycles. The van der Waals surface area contributed by atoms with Gasteiger partial charge in [-0.1, -0.05) is 178 Å². The maximum atomic E-state index is 2.45. The van der Waals surface area contributed by atoms with Gasteiger partial charge in [0.2, 0.25) is 0 Å². The van der Waals surface area contributed by atoms with Crippen LogP contribution in [0.5, 0.6) is 0 Å². The fraction of sp³-hybridized carbons (Fsp3) is 0.0545. The molecule has 0 spiro atoms. The number of hydrogen-bond acceptors (Lipinski definition) is 1. The van der Waals surface area contributed by atoms with Gasteiger partial charge in [-0.15, -0.1) is 0 Å². The van der Waals surface area contributed by atoms with E-state index in [1.807, 2.05) is 0 Å². The maximum absolute atomic E-state index is 2.45. The Bertz CT molecular complexity index is 3170. The largest absolute Gasteiger partial charge is 0.310 e. The number of fused-ring (bicyclic) bond motifs is 9. The molecule has 0 atom stereocenters. The normalized spacial score (nSPS) is 13.0. The summed E-state index contributed by atoms with van der Waals surface area (Å²) in [6.07, 6.45) is 0. The van der Waals surface area contributed by atoms with Gasteiger partial charge in [-0.3, -0.25) is 0 Å². The van der Waals surface area contributed by atoms with Crippen molar-refractivity contribution in [1.29, 1.82) is 0 Å². The summed E-state index contributed by atoms with van der Waals surface area (Å²) in [5.41, 5.74) is 13.6. The van der Waals surface area contributed by atoms with E-state index in [9.17, 15) is 0 Å². The highest BCUT2D eigenvalue weighted by Crippen LogP contribution is 2.51. The predicted molar refractivity (Wildman–Crippen MR) is 240 cm³/mol. The van der Waals surface area contributed by atoms with Crippen molar-refractivity contribution in [3.8, 4) is 33.4 Å². The summed E-state index contributed by atoms with van der Waals surface area (Å²) in [5, 5.41) is 10.2. The molecule has 1 nitrogen and oxygen atoms in total. The standard InChI is InChI=1S/C55H39N/c1-55(2)51-20-9-7-17-48(51)50-35-43(31-33-52(50)55)56(53-21-10-8-15-45(53)41-25-22-36-12-3-4-14-40(36)34-41)42-29-26-38(27-30-42)44-18-11-19-49-47(44)32-28-39-24-23-37-13-5-6-16-46(37)54(39)49/h3-35H,1-2H3. The minimum absolute atomic E-state index is 0.0595. The van der Waals surface area contributed by atoms with Crippen molar-refractivity contribution in [2.24, 2.45) is 0 Å². The van der Waals surface area contributed by atoms with Crippen molar-refractivity contribution in [1.82, 2.24) is 0 Å². The van der Waals surface area contributed by atoms with E-state index in [1.165, 1.54) is 87.6 Å². The fourth-order valence-electron chi connectivity index (χ4n) is 9.45. The maximum Gasteiger partial charge on any atom is 0.0540 e. The van der Waals surface area contributed by atoms with Gasteiger partial charge in [0.15, 0.2) is 0 Å². The Labute approximate surface area is 327 Å². The first-order valence-corrected chi connectivity index (χ1v) is 19.6. The highest BCUT2D eigenvalue weighted by molar-refractivity contribution is 6.22. The van der Waals surface area contributed by atoms with Crippen LogP contribution in [-0.2, 0) is 5.41 Å². The molecule has 0 saturated heterocycles. The SMILES string of the molecule is CC1(C)c2ccccc2-c2cc(N(c3ccc(-c4cccc5c4ccc4ccc6ccccc6c45)cc3)c3ccccc3-c3ccc4ccccc4c3)ccc21. The van der Waals surface area contributed by atoms with E-state index < -0.39 is 0 Å². The second-order valence-electron chi connectivity index (χ2n) is 15.7. The fourth-order valence-corrected chi connectivity index (χ4v) is 9.45. The van der Waals surface area contributed by atoms with Gasteiger partial charge < -0.3 is 4.90 Å². The number of nitrogens with zero attached hydrogens (tertiary/aromatic N) is 1. The van der Waals surface area contributed by atoms with Gasteiger partial charge in [0.1, 0.15) is 0 Å². The molecule has 0 fully saturated rings. The van der Waals surface area contributed by atoms with Crippen LogP contribution >= 0.6 is 0 Å². The van der Waals surface area contributed by atoms with Crippen LogP contribution in [0.4, 0.5) is 17.1 Å². The summed E-state index contributed by atoms with van der Waals surface area (Å²) in [6, 6.07) is 74.0. The van der Waals surface area contributed by atoms with Crippen LogP contribution in [0.25, 0.3) is 76.5 Å². The lowest BCUT2D eigenvalue weighted by atomic mass is 9.82. The third kappa shape index (κ3) is 5.01. The molecule has 0 N–H and O–H groups in total. The molecular formula is C55H39N. The van der Waals surface area contributed by atoms with E-state index in [0.717, 1.165) is 17.1 Å². The molecule has 1 aliphatic carbocycles. The minimum Gasteiger partial charge on any atom is -0.310 e. The van der Waals surface area contributed by atoms with Crippen LogP contribution in [0.2, 0.25) is 0 Å². The average molecular weight is 714 g/mol. The molecule has 0 radical (unpaired) electrons. The summed E-state index contributed by atoms with van der Waals surface area (Å²) < 4.78 is 0. The Morgan fingerprint density at radius 1 is 0.339 bits per heavy atom. The smallest absolute Gasteiger partial charge is 0.0540 e. The van der Waals surface area contributed by atoms with E-state index in [-0.39, 0.29) is 5.41 Å². The first-order chi connectivity index (χ1) is 27.5. The van der Waals surface area contributed by atoms with Crippen molar-refractivity contribution < 1.29 is 0 Å². The molecule has 10 aromatic carbocycles. The highest BCUT2D eigenvalue weighted by atomic mass is 15.1. The molecule has 0 amide bonds. The molecule has 11 rings (SSSR count). The van der Waals surface area contributed by atoms with E-state index in [1.54, 1.807) is 0 Å². The molecule has 0 unspecified atom stereocenters. The Balaban J connectivity index is 1.09. The third-order valence-corrected chi connectivity index (χ3v) is 12.2. The molecule has 0 bridgehead atoms. The minimum atomic E-state index is -0.0595. The van der Waals surface area contributed by atoms with Crippen molar-refractivity contribution in [3.05, 3.63) is 211 Å². The van der Waals surface area contributed by atoms with E-state index in [0.29, 0.717) is 0 Å². The van der Waals surface area contributed by atoms with Gasteiger partial charge in [0, 0.05) is 22.4 Å². The second-order valence-corrected chi connectivity index (χ2v) is 15.7. The summed E-state index contributed by atoms with van der Waals surface area (Å²) in [7, 11) is 0. The van der Waals surface area contributed by atoms with E-state index in [2.05, 4.69) is 219 Å². The van der Waals surface area contributed by atoms with Crippen LogP contribution in [0.3, 0.4) is 0 Å². The Morgan fingerprint density at radius 2 is 0.946 bits per heavy atom. The van der Waals surface area contributed by atoms with Gasteiger partial charge in [0.05, 0.1) is 5.69 Å². The summed E-state index contributed by atoms with van der Waals surface area (Å²) >= 11 is 0. The Kier molecular flexibility index (Phi) is 7.28. The van der Waals surface area contributed by atoms with Crippen LogP contribution in [0.15, 0.2) is 200 Å². The van der Waals surface area contributed by atoms with Crippen LogP contribution in [0.1, 0.15) is 25.0 Å².